The molecule has 1 heterocycles. The number of amides is 1. The summed E-state index contributed by atoms with van der Waals surface area (Å²) in [6, 6.07) is 1.91. The monoisotopic (exact) mass is 271 g/mol. The highest BCUT2D eigenvalue weighted by Crippen LogP contribution is 2.26. The van der Waals surface area contributed by atoms with Crippen LogP contribution in [-0.4, -0.2) is 24.0 Å². The number of carbonyl (C=O) groups excluding carboxylic acids is 1. The number of pyridine rings is 1. The third-order valence-corrected chi connectivity index (χ3v) is 3.07. The average molecular weight is 272 g/mol. The second-order valence-electron chi connectivity index (χ2n) is 3.25. The van der Waals surface area contributed by atoms with Crippen LogP contribution < -0.4 is 10.6 Å². The number of hydrogen-bond acceptors (Lipinski definition) is 3. The Kier molecular flexibility index (Phi) is 4.08. The van der Waals surface area contributed by atoms with Gasteiger partial charge in [-0.1, -0.05) is 0 Å². The predicted molar refractivity (Wildman–Crippen MR) is 63.8 cm³/mol. The van der Waals surface area contributed by atoms with Gasteiger partial charge in [-0.25, -0.2) is 4.98 Å². The van der Waals surface area contributed by atoms with Gasteiger partial charge < -0.3 is 10.6 Å². The number of aromatic nitrogens is 1. The molecule has 1 rings (SSSR count). The number of likely N-dealkylation sites (N-methyl/N-ethyl adjacent to an activating group) is 1. The summed E-state index contributed by atoms with van der Waals surface area (Å²) >= 11 is 3.46. The summed E-state index contributed by atoms with van der Waals surface area (Å²) in [4.78, 5) is 16.9. The Hall–Kier alpha value is -1.10. The molecule has 0 bridgehead atoms. The molecule has 0 saturated heterocycles. The highest BCUT2D eigenvalue weighted by Gasteiger charge is 2.13. The van der Waals surface area contributed by atoms with Crippen molar-refractivity contribution in [2.75, 3.05) is 18.0 Å². The topological polar surface area (TPSA) is 59.2 Å². The molecule has 0 radical (unpaired) electrons. The van der Waals surface area contributed by atoms with E-state index in [-0.39, 0.29) is 12.5 Å². The zero-order valence-electron chi connectivity index (χ0n) is 8.83. The van der Waals surface area contributed by atoms with Gasteiger partial charge in [0.25, 0.3) is 0 Å². The van der Waals surface area contributed by atoms with Gasteiger partial charge in [-0.3, -0.25) is 4.79 Å². The normalized spacial score (nSPS) is 10.1. The van der Waals surface area contributed by atoms with Gasteiger partial charge in [-0.05, 0) is 41.4 Å². The first kappa shape index (κ1) is 12.0. The number of anilines is 1. The number of halogens is 1. The van der Waals surface area contributed by atoms with Crippen LogP contribution in [0.2, 0.25) is 0 Å². The predicted octanol–water partition coefficient (Wildman–Crippen LogP) is 1.46. The van der Waals surface area contributed by atoms with Gasteiger partial charge in [0.05, 0.1) is 11.0 Å². The van der Waals surface area contributed by atoms with Gasteiger partial charge in [0.1, 0.15) is 5.82 Å². The minimum absolute atomic E-state index is 0.186. The van der Waals surface area contributed by atoms with Crippen molar-refractivity contribution in [2.24, 2.45) is 5.73 Å². The summed E-state index contributed by atoms with van der Waals surface area (Å²) < 4.78 is 0.910. The summed E-state index contributed by atoms with van der Waals surface area (Å²) in [5.74, 6) is 0.406. The number of aryl methyl sites for hydroxylation is 1. The Morgan fingerprint density at radius 2 is 2.33 bits per heavy atom. The van der Waals surface area contributed by atoms with Crippen molar-refractivity contribution in [3.63, 3.8) is 0 Å². The second kappa shape index (κ2) is 5.11. The number of nitrogens with zero attached hydrogens (tertiary/aromatic N) is 2. The van der Waals surface area contributed by atoms with E-state index >= 15 is 0 Å². The quantitative estimate of drug-likeness (QED) is 0.902. The van der Waals surface area contributed by atoms with E-state index in [1.54, 1.807) is 6.20 Å². The maximum atomic E-state index is 10.9. The Balaban J connectivity index is 3.01. The molecule has 5 heteroatoms. The third-order valence-electron chi connectivity index (χ3n) is 2.09. The fraction of sp³-hybridized carbons (Fsp3) is 0.400. The first-order valence-corrected chi connectivity index (χ1v) is 5.50. The molecule has 0 unspecified atom stereocenters. The molecule has 0 atom stereocenters. The molecular formula is C10H14BrN3O. The molecule has 0 saturated carbocycles. The van der Waals surface area contributed by atoms with Crippen molar-refractivity contribution in [3.05, 3.63) is 22.3 Å². The maximum Gasteiger partial charge on any atom is 0.236 e. The van der Waals surface area contributed by atoms with Crippen molar-refractivity contribution in [1.82, 2.24) is 4.98 Å². The largest absolute Gasteiger partial charge is 0.368 e. The third kappa shape index (κ3) is 2.92. The highest BCUT2D eigenvalue weighted by atomic mass is 79.9. The molecule has 82 valence electrons. The highest BCUT2D eigenvalue weighted by molar-refractivity contribution is 9.10. The Labute approximate surface area is 97.6 Å². The van der Waals surface area contributed by atoms with Crippen LogP contribution in [0.25, 0.3) is 0 Å². The molecule has 2 N–H and O–H groups in total. The van der Waals surface area contributed by atoms with Gasteiger partial charge in [-0.15, -0.1) is 0 Å². The molecule has 0 aromatic carbocycles. The van der Waals surface area contributed by atoms with Gasteiger partial charge in [0.2, 0.25) is 5.91 Å². The minimum Gasteiger partial charge on any atom is -0.368 e. The number of carbonyl (C=O) groups is 1. The molecular weight excluding hydrogens is 258 g/mol. The molecule has 15 heavy (non-hydrogen) atoms. The van der Waals surface area contributed by atoms with E-state index in [2.05, 4.69) is 20.9 Å². The van der Waals surface area contributed by atoms with Crippen LogP contribution in [0.1, 0.15) is 12.5 Å². The Bertz CT molecular complexity index is 368. The van der Waals surface area contributed by atoms with E-state index in [1.165, 1.54) is 0 Å². The number of primary amides is 1. The Morgan fingerprint density at radius 3 is 2.87 bits per heavy atom. The summed E-state index contributed by atoms with van der Waals surface area (Å²) in [5, 5.41) is 0. The molecule has 1 aromatic heterocycles. The van der Waals surface area contributed by atoms with Crippen LogP contribution in [0.5, 0.6) is 0 Å². The first-order chi connectivity index (χ1) is 7.06. The van der Waals surface area contributed by atoms with Crippen LogP contribution in [0.15, 0.2) is 16.7 Å². The zero-order chi connectivity index (χ0) is 11.4. The van der Waals surface area contributed by atoms with E-state index < -0.39 is 0 Å². The molecule has 0 fully saturated rings. The van der Waals surface area contributed by atoms with E-state index in [1.807, 2.05) is 24.8 Å². The standard InChI is InChI=1S/C10H14BrN3O/c1-3-14(6-8(12)15)10-9(11)7(2)4-5-13-10/h4-5H,3,6H2,1-2H3,(H2,12,15). The van der Waals surface area contributed by atoms with Crippen LogP contribution in [0.4, 0.5) is 5.82 Å². The summed E-state index contributed by atoms with van der Waals surface area (Å²) in [7, 11) is 0. The van der Waals surface area contributed by atoms with Gasteiger partial charge in [0, 0.05) is 12.7 Å². The summed E-state index contributed by atoms with van der Waals surface area (Å²) in [6.07, 6.45) is 1.72. The average Bonchev–Trinajstić information content (AvgIpc) is 2.19. The fourth-order valence-corrected chi connectivity index (χ4v) is 1.76. The zero-order valence-corrected chi connectivity index (χ0v) is 10.4. The molecule has 0 aliphatic carbocycles. The van der Waals surface area contributed by atoms with Crippen molar-refractivity contribution in [1.29, 1.82) is 0 Å². The molecule has 4 nitrogen and oxygen atoms in total. The van der Waals surface area contributed by atoms with E-state index in [4.69, 9.17) is 5.73 Å². The first-order valence-electron chi connectivity index (χ1n) is 4.70. The molecule has 0 spiro atoms. The van der Waals surface area contributed by atoms with E-state index in [0.717, 1.165) is 15.9 Å². The van der Waals surface area contributed by atoms with Crippen molar-refractivity contribution in [3.8, 4) is 0 Å². The van der Waals surface area contributed by atoms with Crippen molar-refractivity contribution in [2.45, 2.75) is 13.8 Å². The second-order valence-corrected chi connectivity index (χ2v) is 4.04. The number of rotatable bonds is 4. The number of nitrogens with two attached hydrogens (primary N) is 1. The van der Waals surface area contributed by atoms with Crippen molar-refractivity contribution < 1.29 is 4.79 Å². The smallest absolute Gasteiger partial charge is 0.236 e. The lowest BCUT2D eigenvalue weighted by Gasteiger charge is -2.21. The molecule has 1 aromatic rings. The van der Waals surface area contributed by atoms with Gasteiger partial charge >= 0.3 is 0 Å². The lowest BCUT2D eigenvalue weighted by molar-refractivity contribution is -0.116. The van der Waals surface area contributed by atoms with Crippen molar-refractivity contribution >= 4 is 27.7 Å². The lowest BCUT2D eigenvalue weighted by atomic mass is 10.3. The molecule has 0 aliphatic rings. The molecule has 0 aliphatic heterocycles. The summed E-state index contributed by atoms with van der Waals surface area (Å²) in [6.45, 7) is 4.82. The van der Waals surface area contributed by atoms with Crippen LogP contribution in [-0.2, 0) is 4.79 Å². The van der Waals surface area contributed by atoms with Crippen LogP contribution in [0, 0.1) is 6.92 Å². The molecule has 1 amide bonds. The van der Waals surface area contributed by atoms with E-state index in [9.17, 15) is 4.79 Å². The maximum absolute atomic E-state index is 10.9. The Morgan fingerprint density at radius 1 is 1.67 bits per heavy atom. The van der Waals surface area contributed by atoms with Crippen LogP contribution >= 0.6 is 15.9 Å². The number of hydrogen-bond donors (Lipinski definition) is 1. The van der Waals surface area contributed by atoms with Crippen LogP contribution in [0.3, 0.4) is 0 Å². The fourth-order valence-electron chi connectivity index (χ4n) is 1.27. The van der Waals surface area contributed by atoms with Gasteiger partial charge in [-0.2, -0.15) is 0 Å². The van der Waals surface area contributed by atoms with E-state index in [0.29, 0.717) is 6.54 Å². The summed E-state index contributed by atoms with van der Waals surface area (Å²) in [5.41, 5.74) is 6.26. The minimum atomic E-state index is -0.355. The van der Waals surface area contributed by atoms with Gasteiger partial charge in [0.15, 0.2) is 0 Å². The SMILES string of the molecule is CCN(CC(N)=O)c1nccc(C)c1Br. The lowest BCUT2D eigenvalue weighted by Crippen LogP contribution is -2.34.